The van der Waals surface area contributed by atoms with Gasteiger partial charge in [0.25, 0.3) is 0 Å². The van der Waals surface area contributed by atoms with Crippen LogP contribution in [0, 0.1) is 5.92 Å². The van der Waals surface area contributed by atoms with Crippen molar-refractivity contribution in [2.24, 2.45) is 5.92 Å². The van der Waals surface area contributed by atoms with E-state index in [4.69, 9.17) is 0 Å². The maximum atomic E-state index is 3.75. The van der Waals surface area contributed by atoms with Gasteiger partial charge in [0.15, 0.2) is 0 Å². The smallest absolute Gasteiger partial charge is 0.0186 e. The predicted octanol–water partition coefficient (Wildman–Crippen LogP) is 3.69. The van der Waals surface area contributed by atoms with Crippen molar-refractivity contribution in [1.29, 1.82) is 0 Å². The largest absolute Gasteiger partial charge is 0.313 e. The topological polar surface area (TPSA) is 12.0 Å². The summed E-state index contributed by atoms with van der Waals surface area (Å²) in [7, 11) is 0. The van der Waals surface area contributed by atoms with Gasteiger partial charge in [-0.2, -0.15) is 11.8 Å². The van der Waals surface area contributed by atoms with E-state index in [2.05, 4.69) is 18.5 Å². The van der Waals surface area contributed by atoms with E-state index in [1.54, 1.807) is 0 Å². The average molecular weight is 229 g/mol. The van der Waals surface area contributed by atoms with E-state index in [1.807, 2.05) is 11.8 Å². The van der Waals surface area contributed by atoms with Crippen LogP contribution in [0.4, 0.5) is 0 Å². The van der Waals surface area contributed by atoms with Crippen molar-refractivity contribution in [3.8, 4) is 0 Å². The van der Waals surface area contributed by atoms with Crippen LogP contribution in [0.1, 0.15) is 51.9 Å². The van der Waals surface area contributed by atoms with E-state index < -0.39 is 0 Å². The number of thioether (sulfide) groups is 1. The Bertz CT molecular complexity index is 141. The van der Waals surface area contributed by atoms with Gasteiger partial charge < -0.3 is 5.32 Å². The van der Waals surface area contributed by atoms with E-state index in [0.717, 1.165) is 12.0 Å². The standard InChI is InChI=1S/C13H27NS/c1-3-10-14-13(11-15-2)12-8-6-4-5-7-9-12/h12-14H,3-11H2,1-2H3. The number of hydrogen-bond acceptors (Lipinski definition) is 2. The van der Waals surface area contributed by atoms with Crippen LogP contribution < -0.4 is 5.32 Å². The molecule has 0 radical (unpaired) electrons. The van der Waals surface area contributed by atoms with Crippen LogP contribution in [-0.2, 0) is 0 Å². The maximum absolute atomic E-state index is 3.75. The molecular formula is C13H27NS. The SMILES string of the molecule is CCCNC(CSC)C1CCCCCC1. The predicted molar refractivity (Wildman–Crippen MR) is 71.7 cm³/mol. The molecule has 1 aliphatic rings. The summed E-state index contributed by atoms with van der Waals surface area (Å²) >= 11 is 2.00. The van der Waals surface area contributed by atoms with Gasteiger partial charge in [-0.1, -0.05) is 32.6 Å². The van der Waals surface area contributed by atoms with E-state index in [1.165, 1.54) is 57.2 Å². The van der Waals surface area contributed by atoms with Crippen molar-refractivity contribution < 1.29 is 0 Å². The maximum Gasteiger partial charge on any atom is 0.0186 e. The lowest BCUT2D eigenvalue weighted by molar-refractivity contribution is 0.343. The van der Waals surface area contributed by atoms with Crippen LogP contribution in [0.25, 0.3) is 0 Å². The molecule has 0 amide bonds. The Kier molecular flexibility index (Phi) is 7.54. The number of hydrogen-bond donors (Lipinski definition) is 1. The number of nitrogens with one attached hydrogen (secondary N) is 1. The summed E-state index contributed by atoms with van der Waals surface area (Å²) < 4.78 is 0. The highest BCUT2D eigenvalue weighted by Crippen LogP contribution is 2.26. The highest BCUT2D eigenvalue weighted by atomic mass is 32.2. The third-order valence-corrected chi connectivity index (χ3v) is 4.16. The minimum Gasteiger partial charge on any atom is -0.313 e. The van der Waals surface area contributed by atoms with Crippen LogP contribution >= 0.6 is 11.8 Å². The third kappa shape index (κ3) is 5.26. The van der Waals surface area contributed by atoms with E-state index in [0.29, 0.717) is 0 Å². The molecule has 0 saturated heterocycles. The monoisotopic (exact) mass is 229 g/mol. The first kappa shape index (κ1) is 13.4. The summed E-state index contributed by atoms with van der Waals surface area (Å²) in [5.41, 5.74) is 0. The molecule has 1 N–H and O–H groups in total. The van der Waals surface area contributed by atoms with Crippen molar-refractivity contribution in [3.63, 3.8) is 0 Å². The molecule has 1 aliphatic carbocycles. The normalized spacial score (nSPS) is 21.2. The highest BCUT2D eigenvalue weighted by molar-refractivity contribution is 7.98. The van der Waals surface area contributed by atoms with Crippen LogP contribution in [-0.4, -0.2) is 24.6 Å². The van der Waals surface area contributed by atoms with Gasteiger partial charge in [0.2, 0.25) is 0 Å². The van der Waals surface area contributed by atoms with Crippen molar-refractivity contribution >= 4 is 11.8 Å². The Morgan fingerprint density at radius 3 is 2.40 bits per heavy atom. The molecular weight excluding hydrogens is 202 g/mol. The molecule has 1 rings (SSSR count). The Morgan fingerprint density at radius 2 is 1.87 bits per heavy atom. The van der Waals surface area contributed by atoms with Gasteiger partial charge in [-0.3, -0.25) is 0 Å². The summed E-state index contributed by atoms with van der Waals surface area (Å²) in [6.07, 6.45) is 12.3. The minimum absolute atomic E-state index is 0.776. The van der Waals surface area contributed by atoms with Gasteiger partial charge in [-0.05, 0) is 38.0 Å². The summed E-state index contributed by atoms with van der Waals surface area (Å²) in [5.74, 6) is 2.25. The van der Waals surface area contributed by atoms with Gasteiger partial charge in [-0.25, -0.2) is 0 Å². The molecule has 1 atom stereocenters. The van der Waals surface area contributed by atoms with E-state index >= 15 is 0 Å². The van der Waals surface area contributed by atoms with Crippen LogP contribution in [0.5, 0.6) is 0 Å². The van der Waals surface area contributed by atoms with Crippen LogP contribution in [0.15, 0.2) is 0 Å². The molecule has 1 nitrogen and oxygen atoms in total. The second-order valence-electron chi connectivity index (χ2n) is 4.77. The Balaban J connectivity index is 2.36. The molecule has 0 heterocycles. The van der Waals surface area contributed by atoms with Crippen molar-refractivity contribution in [1.82, 2.24) is 5.32 Å². The van der Waals surface area contributed by atoms with Gasteiger partial charge >= 0.3 is 0 Å². The second kappa shape index (κ2) is 8.46. The molecule has 90 valence electrons. The van der Waals surface area contributed by atoms with Gasteiger partial charge in [0, 0.05) is 11.8 Å². The fraction of sp³-hybridized carbons (Fsp3) is 1.00. The fourth-order valence-corrected chi connectivity index (χ4v) is 3.33. The molecule has 15 heavy (non-hydrogen) atoms. The first-order chi connectivity index (χ1) is 7.38. The lowest BCUT2D eigenvalue weighted by Crippen LogP contribution is -2.38. The molecule has 0 bridgehead atoms. The summed E-state index contributed by atoms with van der Waals surface area (Å²) in [6, 6.07) is 0.776. The quantitative estimate of drug-likeness (QED) is 0.697. The number of rotatable bonds is 6. The van der Waals surface area contributed by atoms with Crippen LogP contribution in [0.2, 0.25) is 0 Å². The molecule has 0 spiro atoms. The van der Waals surface area contributed by atoms with Gasteiger partial charge in [0.05, 0.1) is 0 Å². The molecule has 0 aromatic rings. The Hall–Kier alpha value is 0.310. The molecule has 0 aromatic carbocycles. The van der Waals surface area contributed by atoms with Gasteiger partial charge in [0.1, 0.15) is 0 Å². The first-order valence-electron chi connectivity index (χ1n) is 6.60. The Labute approximate surface area is 99.8 Å². The molecule has 2 heteroatoms. The fourth-order valence-electron chi connectivity index (χ4n) is 2.58. The molecule has 1 saturated carbocycles. The molecule has 0 aliphatic heterocycles. The van der Waals surface area contributed by atoms with E-state index in [-0.39, 0.29) is 0 Å². The molecule has 1 fully saturated rings. The van der Waals surface area contributed by atoms with Crippen molar-refractivity contribution in [2.45, 2.75) is 57.9 Å². The van der Waals surface area contributed by atoms with Crippen LogP contribution in [0.3, 0.4) is 0 Å². The zero-order chi connectivity index (χ0) is 10.9. The summed E-state index contributed by atoms with van der Waals surface area (Å²) in [6.45, 7) is 3.46. The lowest BCUT2D eigenvalue weighted by Gasteiger charge is -2.26. The average Bonchev–Trinajstić information content (AvgIpc) is 2.52. The Morgan fingerprint density at radius 1 is 1.20 bits per heavy atom. The zero-order valence-corrected chi connectivity index (χ0v) is 11.2. The summed E-state index contributed by atoms with van der Waals surface area (Å²) in [4.78, 5) is 0. The second-order valence-corrected chi connectivity index (χ2v) is 5.68. The lowest BCUT2D eigenvalue weighted by atomic mass is 9.93. The molecule has 1 unspecified atom stereocenters. The minimum atomic E-state index is 0.776. The van der Waals surface area contributed by atoms with E-state index in [9.17, 15) is 0 Å². The zero-order valence-electron chi connectivity index (χ0n) is 10.4. The highest BCUT2D eigenvalue weighted by Gasteiger charge is 2.21. The first-order valence-corrected chi connectivity index (χ1v) is 8.00. The van der Waals surface area contributed by atoms with Crippen molar-refractivity contribution in [2.75, 3.05) is 18.6 Å². The molecule has 0 aromatic heterocycles. The van der Waals surface area contributed by atoms with Crippen molar-refractivity contribution in [3.05, 3.63) is 0 Å². The third-order valence-electron chi connectivity index (χ3n) is 3.47. The summed E-state index contributed by atoms with van der Waals surface area (Å²) in [5, 5.41) is 3.75. The van der Waals surface area contributed by atoms with Gasteiger partial charge in [-0.15, -0.1) is 0 Å².